The maximum absolute atomic E-state index is 13.5. The van der Waals surface area contributed by atoms with Crippen LogP contribution < -0.4 is 33.8 Å². The Morgan fingerprint density at radius 3 is 2.03 bits per heavy atom. The number of aliphatic hydroxyl groups is 2. The summed E-state index contributed by atoms with van der Waals surface area (Å²) >= 11 is 0. The summed E-state index contributed by atoms with van der Waals surface area (Å²) in [6.07, 6.45) is -1.20. The Bertz CT molecular complexity index is 1260. The van der Waals surface area contributed by atoms with Gasteiger partial charge in [0.1, 0.15) is 23.8 Å². The van der Waals surface area contributed by atoms with Crippen molar-refractivity contribution in [2.45, 2.75) is 25.6 Å². The van der Waals surface area contributed by atoms with E-state index < -0.39 is 17.1 Å². The van der Waals surface area contributed by atoms with Crippen molar-refractivity contribution in [3.8, 4) is 45.8 Å². The lowest BCUT2D eigenvalue weighted by molar-refractivity contribution is -0.0664. The van der Waals surface area contributed by atoms with Crippen molar-refractivity contribution in [1.82, 2.24) is 0 Å². The minimum absolute atomic E-state index is 0.0452. The summed E-state index contributed by atoms with van der Waals surface area (Å²) in [5, 5.41) is 20.3. The molecule has 0 saturated carbocycles. The van der Waals surface area contributed by atoms with Crippen LogP contribution in [0.4, 0.5) is 0 Å². The van der Waals surface area contributed by atoms with Crippen LogP contribution in [0.5, 0.6) is 34.5 Å². The van der Waals surface area contributed by atoms with E-state index in [0.29, 0.717) is 17.1 Å². The van der Waals surface area contributed by atoms with Gasteiger partial charge in [0.05, 0.1) is 41.2 Å². The van der Waals surface area contributed by atoms with Gasteiger partial charge in [-0.3, -0.25) is 4.79 Å². The van der Waals surface area contributed by atoms with E-state index >= 15 is 0 Å². The van der Waals surface area contributed by atoms with Crippen molar-refractivity contribution >= 4 is 11.0 Å². The molecule has 0 radical (unpaired) electrons. The minimum atomic E-state index is -1.39. The Hall–Kier alpha value is -3.63. The average Bonchev–Trinajstić information content (AvgIpc) is 2.85. The fourth-order valence-corrected chi connectivity index (χ4v) is 3.46. The van der Waals surface area contributed by atoms with E-state index in [1.54, 1.807) is 18.2 Å². The quantitative estimate of drug-likeness (QED) is 0.438. The standard InChI is InChI=1S/C25H30O10/c1-25(2,28)18(26)12-34-17-11-16(31-5)19-20(27)24(33-7)21(35-23(19)22(17)32-6)13-8-9-14(29-3)15(10-13)30-4/h8-11,18,26,28H,12H2,1-7H3/t18-/m0/s1. The van der Waals surface area contributed by atoms with Crippen molar-refractivity contribution in [1.29, 1.82) is 0 Å². The number of hydrogen-bond acceptors (Lipinski definition) is 10. The van der Waals surface area contributed by atoms with Crippen LogP contribution in [0.1, 0.15) is 13.8 Å². The highest BCUT2D eigenvalue weighted by Crippen LogP contribution is 2.44. The first-order valence-electron chi connectivity index (χ1n) is 10.7. The summed E-state index contributed by atoms with van der Waals surface area (Å²) in [5.41, 5.74) is -1.34. The number of aliphatic hydroxyl groups excluding tert-OH is 1. The van der Waals surface area contributed by atoms with Crippen LogP contribution in [-0.2, 0) is 0 Å². The summed E-state index contributed by atoms with van der Waals surface area (Å²) < 4.78 is 39.0. The minimum Gasteiger partial charge on any atom is -0.496 e. The summed E-state index contributed by atoms with van der Waals surface area (Å²) in [4.78, 5) is 13.5. The Morgan fingerprint density at radius 1 is 0.857 bits per heavy atom. The van der Waals surface area contributed by atoms with Gasteiger partial charge in [-0.2, -0.15) is 0 Å². The van der Waals surface area contributed by atoms with Crippen LogP contribution >= 0.6 is 0 Å². The highest BCUT2D eigenvalue weighted by atomic mass is 16.5. The van der Waals surface area contributed by atoms with E-state index in [2.05, 4.69) is 0 Å². The molecular weight excluding hydrogens is 460 g/mol. The zero-order valence-electron chi connectivity index (χ0n) is 20.8. The fraction of sp³-hybridized carbons (Fsp3) is 0.400. The number of fused-ring (bicyclic) bond motifs is 1. The molecule has 0 bridgehead atoms. The molecule has 0 spiro atoms. The maximum atomic E-state index is 13.5. The first-order chi connectivity index (χ1) is 16.6. The Kier molecular flexibility index (Phi) is 7.67. The second kappa shape index (κ2) is 10.3. The van der Waals surface area contributed by atoms with Gasteiger partial charge in [0, 0.05) is 11.6 Å². The van der Waals surface area contributed by atoms with Gasteiger partial charge in [-0.05, 0) is 32.0 Å². The molecule has 0 fully saturated rings. The highest BCUT2D eigenvalue weighted by Gasteiger charge is 2.28. The zero-order valence-corrected chi connectivity index (χ0v) is 20.8. The summed E-state index contributed by atoms with van der Waals surface area (Å²) in [5.74, 6) is 1.41. The Labute approximate surface area is 202 Å². The predicted molar refractivity (Wildman–Crippen MR) is 128 cm³/mol. The van der Waals surface area contributed by atoms with Crippen LogP contribution in [0.3, 0.4) is 0 Å². The molecule has 1 aromatic heterocycles. The van der Waals surface area contributed by atoms with Crippen LogP contribution in [0.25, 0.3) is 22.3 Å². The molecule has 0 unspecified atom stereocenters. The second-order valence-electron chi connectivity index (χ2n) is 8.16. The average molecular weight is 491 g/mol. The van der Waals surface area contributed by atoms with Gasteiger partial charge in [-0.1, -0.05) is 0 Å². The van der Waals surface area contributed by atoms with Crippen LogP contribution in [0, 0.1) is 0 Å². The van der Waals surface area contributed by atoms with E-state index in [9.17, 15) is 15.0 Å². The van der Waals surface area contributed by atoms with Gasteiger partial charge >= 0.3 is 0 Å². The Morgan fingerprint density at radius 2 is 1.49 bits per heavy atom. The molecule has 0 aliphatic rings. The molecule has 2 N–H and O–H groups in total. The van der Waals surface area contributed by atoms with Crippen LogP contribution in [-0.4, -0.2) is 64.1 Å². The van der Waals surface area contributed by atoms with Crippen molar-refractivity contribution in [2.24, 2.45) is 0 Å². The molecular formula is C25H30O10. The monoisotopic (exact) mass is 490 g/mol. The molecule has 35 heavy (non-hydrogen) atoms. The SMILES string of the molecule is COc1ccc(-c2oc3c(OC)c(OC[C@H](O)C(C)(C)O)cc(OC)c3c(=O)c2OC)cc1OC. The first kappa shape index (κ1) is 26.0. The molecule has 3 aromatic rings. The molecule has 1 heterocycles. The third kappa shape index (κ3) is 4.94. The molecule has 190 valence electrons. The molecule has 0 aliphatic carbocycles. The summed E-state index contributed by atoms with van der Waals surface area (Å²) in [6.45, 7) is 2.66. The molecule has 0 amide bonds. The van der Waals surface area contributed by atoms with Crippen molar-refractivity contribution in [2.75, 3.05) is 42.2 Å². The van der Waals surface area contributed by atoms with Crippen LogP contribution in [0.15, 0.2) is 33.5 Å². The maximum Gasteiger partial charge on any atom is 0.239 e. The number of methoxy groups -OCH3 is 5. The topological polar surface area (TPSA) is 126 Å². The van der Waals surface area contributed by atoms with Gasteiger partial charge in [-0.25, -0.2) is 0 Å². The van der Waals surface area contributed by atoms with Gasteiger partial charge < -0.3 is 43.1 Å². The largest absolute Gasteiger partial charge is 0.496 e. The van der Waals surface area contributed by atoms with Gasteiger partial charge in [0.15, 0.2) is 28.6 Å². The van der Waals surface area contributed by atoms with Crippen molar-refractivity contribution in [3.05, 3.63) is 34.5 Å². The Balaban J connectivity index is 2.29. The number of rotatable bonds is 10. The number of benzene rings is 2. The van der Waals surface area contributed by atoms with E-state index in [-0.39, 0.29) is 46.3 Å². The molecule has 3 rings (SSSR count). The molecule has 10 nitrogen and oxygen atoms in total. The summed E-state index contributed by atoms with van der Waals surface area (Å²) in [7, 11) is 7.16. The van der Waals surface area contributed by atoms with Crippen molar-refractivity contribution < 1.29 is 43.1 Å². The van der Waals surface area contributed by atoms with E-state index in [1.807, 2.05) is 0 Å². The fourth-order valence-electron chi connectivity index (χ4n) is 3.46. The lowest BCUT2D eigenvalue weighted by atomic mass is 10.0. The summed E-state index contributed by atoms with van der Waals surface area (Å²) in [6, 6.07) is 6.46. The highest BCUT2D eigenvalue weighted by molar-refractivity contribution is 5.93. The van der Waals surface area contributed by atoms with E-state index in [4.69, 9.17) is 32.8 Å². The van der Waals surface area contributed by atoms with E-state index in [1.165, 1.54) is 55.5 Å². The van der Waals surface area contributed by atoms with Gasteiger partial charge in [0.2, 0.25) is 16.9 Å². The molecule has 0 saturated heterocycles. The lowest BCUT2D eigenvalue weighted by Crippen LogP contribution is -2.40. The first-order valence-corrected chi connectivity index (χ1v) is 10.7. The second-order valence-corrected chi connectivity index (χ2v) is 8.16. The number of ether oxygens (including phenoxy) is 6. The normalized spacial score (nSPS) is 12.3. The number of hydrogen-bond donors (Lipinski definition) is 2. The third-order valence-electron chi connectivity index (χ3n) is 5.50. The molecule has 2 aromatic carbocycles. The van der Waals surface area contributed by atoms with E-state index in [0.717, 1.165) is 0 Å². The van der Waals surface area contributed by atoms with Crippen molar-refractivity contribution in [3.63, 3.8) is 0 Å². The zero-order chi connectivity index (χ0) is 25.9. The van der Waals surface area contributed by atoms with Crippen LogP contribution in [0.2, 0.25) is 0 Å². The molecule has 10 heteroatoms. The smallest absolute Gasteiger partial charge is 0.239 e. The molecule has 0 aliphatic heterocycles. The third-order valence-corrected chi connectivity index (χ3v) is 5.50. The van der Waals surface area contributed by atoms with Gasteiger partial charge in [-0.15, -0.1) is 0 Å². The van der Waals surface area contributed by atoms with Gasteiger partial charge in [0.25, 0.3) is 0 Å². The lowest BCUT2D eigenvalue weighted by Gasteiger charge is -2.25. The molecule has 1 atom stereocenters. The predicted octanol–water partition coefficient (Wildman–Crippen LogP) is 3.01.